The minimum Gasteiger partial charge on any atom is -0.352 e. The van der Waals surface area contributed by atoms with Crippen LogP contribution in [0, 0.1) is 0 Å². The first-order chi connectivity index (χ1) is 5.79. The number of hydrogen-bond acceptors (Lipinski definition) is 2. The molecule has 0 amide bonds. The summed E-state index contributed by atoms with van der Waals surface area (Å²) in [5.74, 6) is 0. The van der Waals surface area contributed by atoms with E-state index in [9.17, 15) is 0 Å². The van der Waals surface area contributed by atoms with Gasteiger partial charge in [0.15, 0.2) is 6.29 Å². The highest BCUT2D eigenvalue weighted by Crippen LogP contribution is 2.08. The van der Waals surface area contributed by atoms with Crippen molar-refractivity contribution >= 4 is 0 Å². The van der Waals surface area contributed by atoms with Gasteiger partial charge >= 0.3 is 0 Å². The summed E-state index contributed by atoms with van der Waals surface area (Å²) in [6.45, 7) is 4.07. The van der Waals surface area contributed by atoms with Crippen molar-refractivity contribution in [3.8, 4) is 0 Å². The molecule has 0 N–H and O–H groups in total. The van der Waals surface area contributed by atoms with Crippen molar-refractivity contribution in [1.82, 2.24) is 0 Å². The second-order valence-corrected chi connectivity index (χ2v) is 2.40. The van der Waals surface area contributed by atoms with E-state index in [1.54, 1.807) is 14.2 Å². The Balaban J connectivity index is 4.23. The van der Waals surface area contributed by atoms with Gasteiger partial charge < -0.3 is 9.47 Å². The average Bonchev–Trinajstić information content (AvgIpc) is 2.12. The van der Waals surface area contributed by atoms with E-state index in [1.807, 2.05) is 19.1 Å². The third-order valence-corrected chi connectivity index (χ3v) is 1.58. The molecule has 0 aromatic heterocycles. The molecule has 0 rings (SSSR count). The molecule has 0 aromatic carbocycles. The van der Waals surface area contributed by atoms with E-state index < -0.39 is 0 Å². The lowest BCUT2D eigenvalue weighted by Crippen LogP contribution is -2.14. The van der Waals surface area contributed by atoms with Gasteiger partial charge in [-0.2, -0.15) is 0 Å². The number of hydrogen-bond donors (Lipinski definition) is 0. The highest BCUT2D eigenvalue weighted by atomic mass is 16.7. The topological polar surface area (TPSA) is 18.5 Å². The molecule has 12 heavy (non-hydrogen) atoms. The van der Waals surface area contributed by atoms with Gasteiger partial charge in [0.25, 0.3) is 0 Å². The largest absolute Gasteiger partial charge is 0.352 e. The predicted molar refractivity (Wildman–Crippen MR) is 51.0 cm³/mol. The van der Waals surface area contributed by atoms with Crippen LogP contribution in [0.3, 0.4) is 0 Å². The fourth-order valence-corrected chi connectivity index (χ4v) is 0.933. The SMILES string of the molecule is CC=C(/C=C\CC)C(OC)OC. The summed E-state index contributed by atoms with van der Waals surface area (Å²) in [4.78, 5) is 0. The molecule has 2 nitrogen and oxygen atoms in total. The van der Waals surface area contributed by atoms with Crippen molar-refractivity contribution in [3.63, 3.8) is 0 Å². The Morgan fingerprint density at radius 1 is 1.33 bits per heavy atom. The first kappa shape index (κ1) is 11.4. The van der Waals surface area contributed by atoms with Crippen molar-refractivity contribution in [2.45, 2.75) is 26.6 Å². The van der Waals surface area contributed by atoms with Gasteiger partial charge in [-0.1, -0.05) is 25.2 Å². The Kier molecular flexibility index (Phi) is 6.72. The molecule has 0 aliphatic carbocycles. The zero-order valence-corrected chi connectivity index (χ0v) is 8.33. The summed E-state index contributed by atoms with van der Waals surface area (Å²) < 4.78 is 10.2. The zero-order valence-electron chi connectivity index (χ0n) is 8.33. The van der Waals surface area contributed by atoms with Crippen molar-refractivity contribution in [2.24, 2.45) is 0 Å². The molecule has 0 aliphatic rings. The summed E-state index contributed by atoms with van der Waals surface area (Å²) in [7, 11) is 3.27. The van der Waals surface area contributed by atoms with Gasteiger partial charge in [-0.3, -0.25) is 0 Å². The van der Waals surface area contributed by atoms with E-state index in [1.165, 1.54) is 0 Å². The van der Waals surface area contributed by atoms with E-state index in [0.717, 1.165) is 12.0 Å². The van der Waals surface area contributed by atoms with Crippen molar-refractivity contribution in [1.29, 1.82) is 0 Å². The molecule has 0 radical (unpaired) electrons. The average molecular weight is 170 g/mol. The highest BCUT2D eigenvalue weighted by Gasteiger charge is 2.07. The summed E-state index contributed by atoms with van der Waals surface area (Å²) in [6.07, 6.45) is 6.89. The van der Waals surface area contributed by atoms with Crippen molar-refractivity contribution < 1.29 is 9.47 Å². The molecule has 0 unspecified atom stereocenters. The lowest BCUT2D eigenvalue weighted by molar-refractivity contribution is -0.0725. The molecule has 0 aliphatic heterocycles. The van der Waals surface area contributed by atoms with Crippen LogP contribution in [0.2, 0.25) is 0 Å². The maximum Gasteiger partial charge on any atom is 0.182 e. The Hall–Kier alpha value is -0.600. The fourth-order valence-electron chi connectivity index (χ4n) is 0.933. The molecule has 0 heterocycles. The molecule has 0 saturated carbocycles. The van der Waals surface area contributed by atoms with E-state index in [2.05, 4.69) is 13.0 Å². The van der Waals surface area contributed by atoms with Crippen LogP contribution in [-0.2, 0) is 9.47 Å². The first-order valence-corrected chi connectivity index (χ1v) is 4.18. The Labute approximate surface area is 74.9 Å². The minimum atomic E-state index is -0.238. The third-order valence-electron chi connectivity index (χ3n) is 1.58. The van der Waals surface area contributed by atoms with Gasteiger partial charge in [0.05, 0.1) is 0 Å². The maximum absolute atomic E-state index is 5.11. The van der Waals surface area contributed by atoms with E-state index in [4.69, 9.17) is 9.47 Å². The first-order valence-electron chi connectivity index (χ1n) is 4.18. The molecular weight excluding hydrogens is 152 g/mol. The molecule has 0 atom stereocenters. The Morgan fingerprint density at radius 2 is 1.92 bits per heavy atom. The second-order valence-electron chi connectivity index (χ2n) is 2.40. The lowest BCUT2D eigenvalue weighted by Gasteiger charge is -2.13. The second kappa shape index (κ2) is 7.07. The molecule has 0 bridgehead atoms. The van der Waals surface area contributed by atoms with Gasteiger partial charge in [0, 0.05) is 19.8 Å². The van der Waals surface area contributed by atoms with Crippen LogP contribution in [0.5, 0.6) is 0 Å². The van der Waals surface area contributed by atoms with Gasteiger partial charge in [0.2, 0.25) is 0 Å². The standard InChI is InChI=1S/C10H18O2/c1-5-7-8-9(6-2)10(11-3)12-4/h6-8,10H,5H2,1-4H3/b8-7-,9-6?. The number of rotatable bonds is 5. The summed E-state index contributed by atoms with van der Waals surface area (Å²) >= 11 is 0. The maximum atomic E-state index is 5.11. The van der Waals surface area contributed by atoms with E-state index in [-0.39, 0.29) is 6.29 Å². The van der Waals surface area contributed by atoms with Crippen LogP contribution in [0.15, 0.2) is 23.8 Å². The van der Waals surface area contributed by atoms with E-state index >= 15 is 0 Å². The van der Waals surface area contributed by atoms with Crippen LogP contribution in [-0.4, -0.2) is 20.5 Å². The van der Waals surface area contributed by atoms with Crippen LogP contribution in [0.1, 0.15) is 20.3 Å². The number of allylic oxidation sites excluding steroid dienone is 2. The van der Waals surface area contributed by atoms with Crippen molar-refractivity contribution in [3.05, 3.63) is 23.8 Å². The molecule has 0 saturated heterocycles. The summed E-state index contributed by atoms with van der Waals surface area (Å²) in [6, 6.07) is 0. The van der Waals surface area contributed by atoms with Gasteiger partial charge in [-0.05, 0) is 13.3 Å². The van der Waals surface area contributed by atoms with Crippen LogP contribution in [0.4, 0.5) is 0 Å². The molecule has 70 valence electrons. The quantitative estimate of drug-likeness (QED) is 0.466. The normalized spacial score (nSPS) is 13.2. The van der Waals surface area contributed by atoms with Crippen LogP contribution >= 0.6 is 0 Å². The number of methoxy groups -OCH3 is 2. The summed E-state index contributed by atoms with van der Waals surface area (Å²) in [5.41, 5.74) is 1.06. The van der Waals surface area contributed by atoms with Crippen LogP contribution in [0.25, 0.3) is 0 Å². The van der Waals surface area contributed by atoms with Crippen LogP contribution < -0.4 is 0 Å². The fraction of sp³-hybridized carbons (Fsp3) is 0.600. The highest BCUT2D eigenvalue weighted by molar-refractivity contribution is 5.20. The minimum absolute atomic E-state index is 0.238. The zero-order chi connectivity index (χ0) is 9.40. The van der Waals surface area contributed by atoms with E-state index in [0.29, 0.717) is 0 Å². The summed E-state index contributed by atoms with van der Waals surface area (Å²) in [5, 5.41) is 0. The molecule has 0 fully saturated rings. The Bertz CT molecular complexity index is 155. The lowest BCUT2D eigenvalue weighted by atomic mass is 10.2. The molecule has 0 aromatic rings. The smallest absolute Gasteiger partial charge is 0.182 e. The third kappa shape index (κ3) is 3.69. The molecule has 0 spiro atoms. The van der Waals surface area contributed by atoms with Crippen molar-refractivity contribution in [2.75, 3.05) is 14.2 Å². The predicted octanol–water partition coefficient (Wildman–Crippen LogP) is 2.52. The van der Waals surface area contributed by atoms with Gasteiger partial charge in [0.1, 0.15) is 0 Å². The molecule has 2 heteroatoms. The van der Waals surface area contributed by atoms with Gasteiger partial charge in [-0.15, -0.1) is 0 Å². The molecular formula is C10H18O2. The number of ether oxygens (including phenoxy) is 2. The monoisotopic (exact) mass is 170 g/mol. The Morgan fingerprint density at radius 3 is 2.25 bits per heavy atom. The van der Waals surface area contributed by atoms with Gasteiger partial charge in [-0.25, -0.2) is 0 Å².